The zero-order chi connectivity index (χ0) is 17.2. The van der Waals surface area contributed by atoms with Crippen LogP contribution in [0.3, 0.4) is 0 Å². The van der Waals surface area contributed by atoms with Gasteiger partial charge in [0, 0.05) is 5.38 Å². The number of hydrogen-bond donors (Lipinski definition) is 3. The quantitative estimate of drug-likeness (QED) is 0.503. The molecular weight excluding hydrogens is 340 g/mol. The molecule has 0 aliphatic carbocycles. The molecule has 0 unspecified atom stereocenters. The Labute approximate surface area is 145 Å². The highest BCUT2D eigenvalue weighted by Crippen LogP contribution is 2.15. The van der Waals surface area contributed by atoms with Gasteiger partial charge in [0.05, 0.1) is 30.7 Å². The number of nitrogens with one attached hydrogen (secondary N) is 2. The van der Waals surface area contributed by atoms with Crippen molar-refractivity contribution in [2.24, 2.45) is 0 Å². The van der Waals surface area contributed by atoms with Gasteiger partial charge in [-0.3, -0.25) is 9.78 Å². The average molecular weight is 354 g/mol. The SMILES string of the molecule is O=c1[nH]c(NCc2nc(CO)cs2)nc2c1cnn2-c1ccccc1. The molecule has 4 aromatic rings. The molecule has 0 spiro atoms. The van der Waals surface area contributed by atoms with Crippen LogP contribution in [0.5, 0.6) is 0 Å². The minimum absolute atomic E-state index is 0.0895. The van der Waals surface area contributed by atoms with E-state index in [1.165, 1.54) is 17.5 Å². The summed E-state index contributed by atoms with van der Waals surface area (Å²) in [6, 6.07) is 9.51. The molecule has 0 amide bonds. The van der Waals surface area contributed by atoms with E-state index < -0.39 is 0 Å². The van der Waals surface area contributed by atoms with Crippen molar-refractivity contribution < 1.29 is 5.11 Å². The van der Waals surface area contributed by atoms with Gasteiger partial charge in [0.15, 0.2) is 5.65 Å². The second kappa shape index (κ2) is 6.46. The molecular formula is C16H14N6O2S. The van der Waals surface area contributed by atoms with Crippen LogP contribution in [0.2, 0.25) is 0 Å². The van der Waals surface area contributed by atoms with Gasteiger partial charge in [-0.15, -0.1) is 11.3 Å². The predicted octanol–water partition coefficient (Wildman–Crippen LogP) is 1.67. The van der Waals surface area contributed by atoms with Crippen molar-refractivity contribution >= 4 is 28.3 Å². The van der Waals surface area contributed by atoms with Gasteiger partial charge < -0.3 is 10.4 Å². The fourth-order valence-corrected chi connectivity index (χ4v) is 3.15. The van der Waals surface area contributed by atoms with Crippen LogP contribution in [-0.4, -0.2) is 29.8 Å². The molecule has 0 aliphatic rings. The molecule has 3 heterocycles. The third-order valence-electron chi connectivity index (χ3n) is 3.61. The Bertz CT molecular complexity index is 1070. The normalized spacial score (nSPS) is 11.1. The number of aromatic amines is 1. The number of aromatic nitrogens is 5. The maximum atomic E-state index is 12.3. The largest absolute Gasteiger partial charge is 0.390 e. The topological polar surface area (TPSA) is 109 Å². The maximum Gasteiger partial charge on any atom is 0.263 e. The van der Waals surface area contributed by atoms with E-state index in [-0.39, 0.29) is 12.2 Å². The number of hydrogen-bond acceptors (Lipinski definition) is 7. The fraction of sp³-hybridized carbons (Fsp3) is 0.125. The van der Waals surface area contributed by atoms with Crippen LogP contribution in [0.1, 0.15) is 10.7 Å². The molecule has 8 nitrogen and oxygen atoms in total. The maximum absolute atomic E-state index is 12.3. The monoisotopic (exact) mass is 354 g/mol. The van der Waals surface area contributed by atoms with E-state index in [0.717, 1.165) is 10.7 Å². The first-order chi connectivity index (χ1) is 12.2. The van der Waals surface area contributed by atoms with Gasteiger partial charge in [0.2, 0.25) is 5.95 Å². The van der Waals surface area contributed by atoms with Crippen LogP contribution in [0, 0.1) is 0 Å². The van der Waals surface area contributed by atoms with Gasteiger partial charge in [-0.2, -0.15) is 10.1 Å². The summed E-state index contributed by atoms with van der Waals surface area (Å²) >= 11 is 1.43. The van der Waals surface area contributed by atoms with Crippen molar-refractivity contribution in [2.75, 3.05) is 5.32 Å². The number of H-pyrrole nitrogens is 1. The smallest absolute Gasteiger partial charge is 0.263 e. The Morgan fingerprint density at radius 1 is 1.24 bits per heavy atom. The van der Waals surface area contributed by atoms with Crippen LogP contribution in [0.15, 0.2) is 46.7 Å². The Kier molecular flexibility index (Phi) is 4.00. The van der Waals surface area contributed by atoms with E-state index in [2.05, 4.69) is 25.4 Å². The van der Waals surface area contributed by atoms with Crippen molar-refractivity contribution in [3.63, 3.8) is 0 Å². The number of para-hydroxylation sites is 1. The van der Waals surface area contributed by atoms with Crippen molar-refractivity contribution in [1.82, 2.24) is 24.7 Å². The Morgan fingerprint density at radius 2 is 2.08 bits per heavy atom. The van der Waals surface area contributed by atoms with E-state index in [1.807, 2.05) is 30.3 Å². The molecule has 9 heteroatoms. The van der Waals surface area contributed by atoms with E-state index in [9.17, 15) is 4.79 Å². The zero-order valence-electron chi connectivity index (χ0n) is 13.0. The molecule has 0 radical (unpaired) electrons. The third kappa shape index (κ3) is 3.02. The van der Waals surface area contributed by atoms with Gasteiger partial charge >= 0.3 is 0 Å². The summed E-state index contributed by atoms with van der Waals surface area (Å²) in [5.41, 5.74) is 1.67. The number of aliphatic hydroxyl groups excluding tert-OH is 1. The van der Waals surface area contributed by atoms with Crippen molar-refractivity contribution in [3.8, 4) is 5.69 Å². The Hall–Kier alpha value is -3.04. The average Bonchev–Trinajstić information content (AvgIpc) is 3.27. The molecule has 3 N–H and O–H groups in total. The first kappa shape index (κ1) is 15.5. The van der Waals surface area contributed by atoms with Crippen LogP contribution >= 0.6 is 11.3 Å². The summed E-state index contributed by atoms with van der Waals surface area (Å²) in [4.78, 5) is 23.7. The lowest BCUT2D eigenvalue weighted by Gasteiger charge is -2.05. The molecule has 0 saturated carbocycles. The van der Waals surface area contributed by atoms with E-state index in [0.29, 0.717) is 29.2 Å². The number of aliphatic hydroxyl groups is 1. The number of benzene rings is 1. The lowest BCUT2D eigenvalue weighted by molar-refractivity contribution is 0.277. The lowest BCUT2D eigenvalue weighted by atomic mass is 10.3. The first-order valence-corrected chi connectivity index (χ1v) is 8.44. The Morgan fingerprint density at radius 3 is 2.84 bits per heavy atom. The van der Waals surface area contributed by atoms with Crippen LogP contribution < -0.4 is 10.9 Å². The second-order valence-corrected chi connectivity index (χ2v) is 6.23. The van der Waals surface area contributed by atoms with Crippen molar-refractivity contribution in [3.05, 3.63) is 63.0 Å². The number of thiazole rings is 1. The predicted molar refractivity (Wildman–Crippen MR) is 94.8 cm³/mol. The van der Waals surface area contributed by atoms with Crippen LogP contribution in [-0.2, 0) is 13.2 Å². The number of fused-ring (bicyclic) bond motifs is 1. The second-order valence-electron chi connectivity index (χ2n) is 5.29. The summed E-state index contributed by atoms with van der Waals surface area (Å²) in [6.45, 7) is 0.312. The molecule has 4 rings (SSSR count). The fourth-order valence-electron chi connectivity index (χ4n) is 2.42. The molecule has 0 saturated heterocycles. The molecule has 0 atom stereocenters. The number of rotatable bonds is 5. The standard InChI is InChI=1S/C16H14N6O2S/c23-8-10-9-25-13(19-10)7-17-16-20-14-12(15(24)21-16)6-18-22(14)11-4-2-1-3-5-11/h1-6,9,23H,7-8H2,(H2,17,20,21,24). The highest BCUT2D eigenvalue weighted by Gasteiger charge is 2.11. The van der Waals surface area contributed by atoms with Crippen molar-refractivity contribution in [2.45, 2.75) is 13.2 Å². The summed E-state index contributed by atoms with van der Waals surface area (Å²) in [5, 5.41) is 19.4. The highest BCUT2D eigenvalue weighted by molar-refractivity contribution is 7.09. The van der Waals surface area contributed by atoms with E-state index >= 15 is 0 Å². The molecule has 3 aromatic heterocycles. The van der Waals surface area contributed by atoms with Gasteiger partial charge in [0.25, 0.3) is 5.56 Å². The summed E-state index contributed by atoms with van der Waals surface area (Å²) in [6.07, 6.45) is 1.51. The van der Waals surface area contributed by atoms with Crippen LogP contribution in [0.4, 0.5) is 5.95 Å². The number of anilines is 1. The van der Waals surface area contributed by atoms with Gasteiger partial charge in [-0.1, -0.05) is 18.2 Å². The summed E-state index contributed by atoms with van der Waals surface area (Å²) < 4.78 is 1.63. The molecule has 0 fully saturated rings. The minimum Gasteiger partial charge on any atom is -0.390 e. The zero-order valence-corrected chi connectivity index (χ0v) is 13.8. The molecule has 126 valence electrons. The summed E-state index contributed by atoms with van der Waals surface area (Å²) in [5.74, 6) is 0.343. The van der Waals surface area contributed by atoms with Gasteiger partial charge in [-0.25, -0.2) is 9.67 Å². The highest BCUT2D eigenvalue weighted by atomic mass is 32.1. The Balaban J connectivity index is 1.67. The third-order valence-corrected chi connectivity index (χ3v) is 4.50. The van der Waals surface area contributed by atoms with E-state index in [1.54, 1.807) is 10.1 Å². The minimum atomic E-state index is -0.259. The van der Waals surface area contributed by atoms with E-state index in [4.69, 9.17) is 5.11 Å². The molecule has 25 heavy (non-hydrogen) atoms. The van der Waals surface area contributed by atoms with Gasteiger partial charge in [-0.05, 0) is 12.1 Å². The number of nitrogens with zero attached hydrogens (tertiary/aromatic N) is 4. The molecule has 1 aromatic carbocycles. The molecule has 0 bridgehead atoms. The van der Waals surface area contributed by atoms with Gasteiger partial charge in [0.1, 0.15) is 10.4 Å². The first-order valence-electron chi connectivity index (χ1n) is 7.56. The van der Waals surface area contributed by atoms with Crippen molar-refractivity contribution in [1.29, 1.82) is 0 Å². The van der Waals surface area contributed by atoms with Crippen LogP contribution in [0.25, 0.3) is 16.7 Å². The summed E-state index contributed by atoms with van der Waals surface area (Å²) in [7, 11) is 0. The lowest BCUT2D eigenvalue weighted by Crippen LogP contribution is -2.13. The molecule has 0 aliphatic heterocycles.